The number of benzene rings is 1. The second-order valence-corrected chi connectivity index (χ2v) is 5.14. The third kappa shape index (κ3) is 4.41. The Morgan fingerprint density at radius 2 is 1.89 bits per heavy atom. The minimum Gasteiger partial charge on any atom is -0.395 e. The first-order valence-electron chi connectivity index (χ1n) is 5.19. The molecule has 8 heteroatoms. The maximum atomic E-state index is 11.7. The van der Waals surface area contributed by atoms with Crippen LogP contribution in [0.3, 0.4) is 0 Å². The molecule has 0 aliphatic heterocycles. The highest BCUT2D eigenvalue weighted by molar-refractivity contribution is 7.89. The molecule has 1 aromatic rings. The fraction of sp³-hybridized carbons (Fsp3) is 0.300. The number of rotatable bonds is 6. The number of amides is 1. The fourth-order valence-electron chi connectivity index (χ4n) is 1.18. The summed E-state index contributed by atoms with van der Waals surface area (Å²) in [5.41, 5.74) is 2.88. The largest absolute Gasteiger partial charge is 0.395 e. The number of aliphatic hydroxyl groups excluding tert-OH is 1. The Bertz CT molecular complexity index is 498. The van der Waals surface area contributed by atoms with Gasteiger partial charge in [-0.3, -0.25) is 4.79 Å². The molecule has 1 rings (SSSR count). The summed E-state index contributed by atoms with van der Waals surface area (Å²) >= 11 is 0. The maximum Gasteiger partial charge on any atom is 0.253 e. The number of carbonyl (C=O) groups is 1. The van der Waals surface area contributed by atoms with Gasteiger partial charge in [0, 0.05) is 19.2 Å². The van der Waals surface area contributed by atoms with Gasteiger partial charge in [0.15, 0.2) is 0 Å². The van der Waals surface area contributed by atoms with Crippen molar-refractivity contribution in [3.8, 4) is 0 Å². The van der Waals surface area contributed by atoms with Crippen LogP contribution in [0.1, 0.15) is 6.92 Å². The zero-order chi connectivity index (χ0) is 13.6. The van der Waals surface area contributed by atoms with Gasteiger partial charge >= 0.3 is 0 Å². The Balaban J connectivity index is 2.74. The highest BCUT2D eigenvalue weighted by Gasteiger charge is 2.12. The molecule has 1 amide bonds. The average molecular weight is 273 g/mol. The quantitative estimate of drug-likeness (QED) is 0.410. The number of hydrazine groups is 1. The summed E-state index contributed by atoms with van der Waals surface area (Å²) in [5.74, 6) is -0.228. The van der Waals surface area contributed by atoms with Crippen LogP contribution in [-0.4, -0.2) is 32.6 Å². The van der Waals surface area contributed by atoms with Crippen molar-refractivity contribution in [3.63, 3.8) is 0 Å². The van der Waals surface area contributed by atoms with Gasteiger partial charge in [0.2, 0.25) is 5.91 Å². The van der Waals surface area contributed by atoms with Crippen LogP contribution in [0.5, 0.6) is 0 Å². The molecule has 100 valence electrons. The van der Waals surface area contributed by atoms with E-state index in [0.29, 0.717) is 5.69 Å². The van der Waals surface area contributed by atoms with Gasteiger partial charge in [-0.1, -0.05) is 0 Å². The molecular weight excluding hydrogens is 258 g/mol. The van der Waals surface area contributed by atoms with E-state index in [9.17, 15) is 13.2 Å². The van der Waals surface area contributed by atoms with Crippen molar-refractivity contribution in [1.82, 2.24) is 10.3 Å². The number of hydrogen-bond acceptors (Lipinski definition) is 5. The van der Waals surface area contributed by atoms with E-state index in [1.54, 1.807) is 0 Å². The molecule has 0 atom stereocenters. The van der Waals surface area contributed by atoms with Crippen LogP contribution >= 0.6 is 0 Å². The molecule has 0 heterocycles. The molecule has 18 heavy (non-hydrogen) atoms. The molecule has 7 nitrogen and oxygen atoms in total. The minimum absolute atomic E-state index is 0.0574. The van der Waals surface area contributed by atoms with Crippen LogP contribution < -0.4 is 15.6 Å². The summed E-state index contributed by atoms with van der Waals surface area (Å²) in [7, 11) is -3.66. The Labute approximate surface area is 105 Å². The third-order valence-corrected chi connectivity index (χ3v) is 3.23. The SMILES string of the molecule is CC(=O)Nc1ccc(S(=O)(=O)NNCCO)cc1. The molecule has 0 aliphatic carbocycles. The summed E-state index contributed by atoms with van der Waals surface area (Å²) < 4.78 is 23.4. The number of hydrogen-bond donors (Lipinski definition) is 4. The molecular formula is C10H15N3O4S. The molecule has 1 aromatic carbocycles. The Morgan fingerprint density at radius 3 is 2.39 bits per heavy atom. The molecule has 4 N–H and O–H groups in total. The van der Waals surface area contributed by atoms with E-state index >= 15 is 0 Å². The molecule has 0 aromatic heterocycles. The van der Waals surface area contributed by atoms with Gasteiger partial charge in [0.1, 0.15) is 0 Å². The lowest BCUT2D eigenvalue weighted by Gasteiger charge is -2.08. The van der Waals surface area contributed by atoms with Gasteiger partial charge in [-0.05, 0) is 24.3 Å². The van der Waals surface area contributed by atoms with Crippen LogP contribution in [-0.2, 0) is 14.8 Å². The van der Waals surface area contributed by atoms with Crippen molar-refractivity contribution in [1.29, 1.82) is 0 Å². The Hall–Kier alpha value is -1.48. The second kappa shape index (κ2) is 6.45. The highest BCUT2D eigenvalue weighted by atomic mass is 32.2. The molecule has 0 unspecified atom stereocenters. The van der Waals surface area contributed by atoms with Crippen LogP contribution in [0.15, 0.2) is 29.2 Å². The molecule has 0 saturated carbocycles. The number of sulfonamides is 1. The lowest BCUT2D eigenvalue weighted by atomic mass is 10.3. The fourth-order valence-corrected chi connectivity index (χ4v) is 2.09. The van der Waals surface area contributed by atoms with E-state index in [-0.39, 0.29) is 24.0 Å². The lowest BCUT2D eigenvalue weighted by Crippen LogP contribution is -2.38. The van der Waals surface area contributed by atoms with Crippen molar-refractivity contribution in [3.05, 3.63) is 24.3 Å². The van der Waals surface area contributed by atoms with Gasteiger partial charge in [-0.15, -0.1) is 4.83 Å². The number of aliphatic hydroxyl groups is 1. The third-order valence-electron chi connectivity index (χ3n) is 1.93. The molecule has 0 bridgehead atoms. The van der Waals surface area contributed by atoms with Gasteiger partial charge in [-0.2, -0.15) is 0 Å². The summed E-state index contributed by atoms with van der Waals surface area (Å²) in [6, 6.07) is 5.71. The standard InChI is InChI=1S/C10H15N3O4S/c1-8(15)12-9-2-4-10(5-3-9)18(16,17)13-11-6-7-14/h2-5,11,13-14H,6-7H2,1H3,(H,12,15). The van der Waals surface area contributed by atoms with E-state index in [1.165, 1.54) is 31.2 Å². The van der Waals surface area contributed by atoms with Crippen molar-refractivity contribution in [2.24, 2.45) is 0 Å². The average Bonchev–Trinajstić information content (AvgIpc) is 2.29. The predicted molar refractivity (Wildman–Crippen MR) is 66.2 cm³/mol. The first kappa shape index (κ1) is 14.6. The van der Waals surface area contributed by atoms with Gasteiger partial charge in [-0.25, -0.2) is 13.8 Å². The summed E-state index contributed by atoms with van der Waals surface area (Å²) in [4.78, 5) is 13.0. The summed E-state index contributed by atoms with van der Waals surface area (Å²) in [6.45, 7) is 1.30. The van der Waals surface area contributed by atoms with Crippen molar-refractivity contribution < 1.29 is 18.3 Å². The zero-order valence-corrected chi connectivity index (χ0v) is 10.6. The smallest absolute Gasteiger partial charge is 0.253 e. The van der Waals surface area contributed by atoms with Gasteiger partial charge < -0.3 is 10.4 Å². The molecule has 0 saturated heterocycles. The Kier molecular flexibility index (Phi) is 5.23. The molecule has 0 spiro atoms. The monoisotopic (exact) mass is 273 g/mol. The summed E-state index contributed by atoms with van der Waals surface area (Å²) in [5, 5.41) is 11.0. The van der Waals surface area contributed by atoms with Gasteiger partial charge in [0.25, 0.3) is 10.0 Å². The zero-order valence-electron chi connectivity index (χ0n) is 9.80. The molecule has 0 fully saturated rings. The van der Waals surface area contributed by atoms with Crippen LogP contribution in [0.4, 0.5) is 5.69 Å². The van der Waals surface area contributed by atoms with Crippen molar-refractivity contribution >= 4 is 21.6 Å². The first-order valence-corrected chi connectivity index (χ1v) is 6.67. The molecule has 0 radical (unpaired) electrons. The molecule has 0 aliphatic rings. The van der Waals surface area contributed by atoms with E-state index in [1.807, 2.05) is 0 Å². The Morgan fingerprint density at radius 1 is 1.28 bits per heavy atom. The predicted octanol–water partition coefficient (Wildman–Crippen LogP) is -0.580. The first-order chi connectivity index (χ1) is 8.45. The van der Waals surface area contributed by atoms with E-state index in [2.05, 4.69) is 15.6 Å². The number of nitrogens with one attached hydrogen (secondary N) is 3. The maximum absolute atomic E-state index is 11.7. The highest BCUT2D eigenvalue weighted by Crippen LogP contribution is 2.13. The summed E-state index contributed by atoms with van der Waals surface area (Å²) in [6.07, 6.45) is 0. The minimum atomic E-state index is -3.66. The second-order valence-electron chi connectivity index (χ2n) is 3.46. The van der Waals surface area contributed by atoms with E-state index in [0.717, 1.165) is 0 Å². The lowest BCUT2D eigenvalue weighted by molar-refractivity contribution is -0.114. The van der Waals surface area contributed by atoms with E-state index in [4.69, 9.17) is 5.11 Å². The van der Waals surface area contributed by atoms with E-state index < -0.39 is 10.0 Å². The normalized spacial score (nSPS) is 11.2. The van der Waals surface area contributed by atoms with Crippen LogP contribution in [0.25, 0.3) is 0 Å². The topological polar surface area (TPSA) is 108 Å². The van der Waals surface area contributed by atoms with Crippen LogP contribution in [0.2, 0.25) is 0 Å². The van der Waals surface area contributed by atoms with Gasteiger partial charge in [0.05, 0.1) is 11.5 Å². The number of carbonyl (C=O) groups excluding carboxylic acids is 1. The van der Waals surface area contributed by atoms with Crippen molar-refractivity contribution in [2.75, 3.05) is 18.5 Å². The number of anilines is 1. The van der Waals surface area contributed by atoms with Crippen LogP contribution in [0, 0.1) is 0 Å². The van der Waals surface area contributed by atoms with Crippen molar-refractivity contribution in [2.45, 2.75) is 11.8 Å².